The van der Waals surface area contributed by atoms with Crippen LogP contribution in [0.25, 0.3) is 0 Å². The van der Waals surface area contributed by atoms with E-state index in [1.807, 2.05) is 23.1 Å². The first kappa shape index (κ1) is 59.4. The van der Waals surface area contributed by atoms with E-state index < -0.39 is 0 Å². The molecule has 83 heavy (non-hydrogen) atoms. The SMILES string of the molecule is CN(CCCCCCCCN(C)CCCCCCN(CC(=O)N1c2ccccc2NC(=O)c2cccnc21)CC(=O)N1c2ccccc2NC(=O)c2cccnc21)CCCCCCNCC(=O)N1c2ccccc2NC(=O)c2cccnc21. The van der Waals surface area contributed by atoms with E-state index in [1.165, 1.54) is 48.3 Å². The summed E-state index contributed by atoms with van der Waals surface area (Å²) in [7, 11) is 4.41. The van der Waals surface area contributed by atoms with Gasteiger partial charge in [0.15, 0.2) is 17.5 Å². The minimum Gasteiger partial charge on any atom is -0.320 e. The molecule has 0 unspecified atom stereocenters. The lowest BCUT2D eigenvalue weighted by Crippen LogP contribution is -2.44. The van der Waals surface area contributed by atoms with Crippen LogP contribution in [-0.2, 0) is 14.4 Å². The van der Waals surface area contributed by atoms with Crippen molar-refractivity contribution in [3.8, 4) is 0 Å². The molecule has 3 aromatic carbocycles. The number of carbonyl (C=O) groups excluding carboxylic acids is 6. The van der Waals surface area contributed by atoms with Gasteiger partial charge in [-0.15, -0.1) is 0 Å². The predicted molar refractivity (Wildman–Crippen MR) is 326 cm³/mol. The molecule has 0 saturated heterocycles. The molecule has 3 aliphatic heterocycles. The van der Waals surface area contributed by atoms with Gasteiger partial charge in [0.05, 0.1) is 70.4 Å². The predicted octanol–water partition coefficient (Wildman–Crippen LogP) is 10.2. The molecule has 0 bridgehead atoms. The molecule has 0 spiro atoms. The van der Waals surface area contributed by atoms with Crippen LogP contribution in [0, 0.1) is 0 Å². The van der Waals surface area contributed by atoms with E-state index in [9.17, 15) is 28.8 Å². The number of aromatic nitrogens is 3. The number of hydrogen-bond donors (Lipinski definition) is 4. The fourth-order valence-corrected chi connectivity index (χ4v) is 11.0. The van der Waals surface area contributed by atoms with Crippen molar-refractivity contribution in [1.29, 1.82) is 0 Å². The van der Waals surface area contributed by atoms with Gasteiger partial charge in [0.25, 0.3) is 17.7 Å². The number of para-hydroxylation sites is 6. The third-order valence-electron chi connectivity index (χ3n) is 15.4. The van der Waals surface area contributed by atoms with E-state index in [0.29, 0.717) is 52.1 Å². The molecule has 0 aliphatic carbocycles. The molecule has 0 fully saturated rings. The summed E-state index contributed by atoms with van der Waals surface area (Å²) in [6.07, 6.45) is 20.1. The Hall–Kier alpha value is -8.23. The highest BCUT2D eigenvalue weighted by molar-refractivity contribution is 6.19. The number of benzene rings is 3. The first-order valence-electron chi connectivity index (χ1n) is 29.4. The normalized spacial score (nSPS) is 13.4. The summed E-state index contributed by atoms with van der Waals surface area (Å²) in [5.41, 5.74) is 4.01. The lowest BCUT2D eigenvalue weighted by Gasteiger charge is -2.29. The van der Waals surface area contributed by atoms with Gasteiger partial charge in [-0.3, -0.25) is 48.4 Å². The van der Waals surface area contributed by atoms with Crippen LogP contribution in [-0.4, -0.2) is 138 Å². The van der Waals surface area contributed by atoms with Crippen molar-refractivity contribution in [2.45, 2.75) is 89.9 Å². The van der Waals surface area contributed by atoms with Crippen molar-refractivity contribution in [1.82, 2.24) is 35.0 Å². The zero-order valence-corrected chi connectivity index (χ0v) is 47.9. The van der Waals surface area contributed by atoms with Crippen LogP contribution in [0.15, 0.2) is 128 Å². The molecule has 434 valence electrons. The molecule has 19 nitrogen and oxygen atoms in total. The standard InChI is InChI=1S/C64H77N13O6/c1-72(41-20-8-5-17-35-65-44-56(78)75-53-32-14-11-29-50(53)69-62(81)47-26-23-36-66-59(47)75)39-18-6-3-4-7-19-40-73(2)42-21-9-10-22-43-74(45-57(79)76-54-33-15-12-30-51(54)70-63(82)48-27-24-37-67-60(48)76)46-58(80)77-55-34-16-13-31-52(55)71-64(83)49-28-25-38-68-61(49)77/h11-16,23-34,36-38,65H,3-10,17-22,35,39-46H2,1-2H3,(H,69,81)(H,70,82)(H,71,83). The van der Waals surface area contributed by atoms with Crippen molar-refractivity contribution in [2.75, 3.05) is 104 Å². The molecule has 3 aromatic heterocycles. The monoisotopic (exact) mass is 1120 g/mol. The molecule has 0 atom stereocenters. The quantitative estimate of drug-likeness (QED) is 0.0323. The third kappa shape index (κ3) is 15.5. The maximum atomic E-state index is 14.7. The smallest absolute Gasteiger partial charge is 0.259 e. The fraction of sp³-hybridized carbons (Fsp3) is 0.391. The lowest BCUT2D eigenvalue weighted by atomic mass is 10.1. The molecule has 9 rings (SSSR count). The highest BCUT2D eigenvalue weighted by atomic mass is 16.2. The van der Waals surface area contributed by atoms with Crippen molar-refractivity contribution < 1.29 is 28.8 Å². The van der Waals surface area contributed by atoms with Crippen molar-refractivity contribution in [3.63, 3.8) is 0 Å². The summed E-state index contributed by atoms with van der Waals surface area (Å²) in [4.78, 5) is 107. The van der Waals surface area contributed by atoms with Crippen LogP contribution in [0.2, 0.25) is 0 Å². The van der Waals surface area contributed by atoms with Crippen LogP contribution in [0.1, 0.15) is 121 Å². The maximum Gasteiger partial charge on any atom is 0.259 e. The molecule has 4 N–H and O–H groups in total. The van der Waals surface area contributed by atoms with E-state index in [0.717, 1.165) is 84.1 Å². The maximum absolute atomic E-state index is 14.7. The number of amides is 6. The highest BCUT2D eigenvalue weighted by Crippen LogP contribution is 2.40. The summed E-state index contributed by atoms with van der Waals surface area (Å²) in [6.45, 7) is 5.33. The Balaban J connectivity index is 0.651. The molecule has 6 heterocycles. The van der Waals surface area contributed by atoms with Gasteiger partial charge in [-0.2, -0.15) is 0 Å². The number of nitrogens with one attached hydrogen (secondary N) is 4. The molecule has 3 aliphatic rings. The zero-order valence-electron chi connectivity index (χ0n) is 47.9. The van der Waals surface area contributed by atoms with Gasteiger partial charge < -0.3 is 31.1 Å². The second-order valence-electron chi connectivity index (χ2n) is 21.7. The molecule has 19 heteroatoms. The van der Waals surface area contributed by atoms with Crippen molar-refractivity contribution in [2.24, 2.45) is 0 Å². The van der Waals surface area contributed by atoms with Crippen molar-refractivity contribution in [3.05, 3.63) is 144 Å². The molecule has 6 amide bonds. The average Bonchev–Trinajstić information content (AvgIpc) is 2.85. The minimum atomic E-state index is -0.369. The average molecular weight is 1120 g/mol. The second-order valence-corrected chi connectivity index (χ2v) is 21.7. The number of nitrogens with zero attached hydrogens (tertiary/aromatic N) is 9. The Morgan fingerprint density at radius 2 is 0.735 bits per heavy atom. The highest BCUT2D eigenvalue weighted by Gasteiger charge is 2.35. The van der Waals surface area contributed by atoms with E-state index in [-0.39, 0.29) is 77.8 Å². The van der Waals surface area contributed by atoms with E-state index in [4.69, 9.17) is 0 Å². The first-order valence-corrected chi connectivity index (χ1v) is 29.4. The Morgan fingerprint density at radius 1 is 0.410 bits per heavy atom. The van der Waals surface area contributed by atoms with Crippen molar-refractivity contribution >= 4 is 87.0 Å². The Bertz CT molecular complexity index is 3110. The summed E-state index contributed by atoms with van der Waals surface area (Å²) in [6, 6.07) is 31.6. The molecular formula is C64H77N13O6. The summed E-state index contributed by atoms with van der Waals surface area (Å²) >= 11 is 0. The topological polar surface area (TPSA) is 209 Å². The summed E-state index contributed by atoms with van der Waals surface area (Å²) in [5, 5.41) is 12.1. The number of pyridine rings is 3. The lowest BCUT2D eigenvalue weighted by molar-refractivity contribution is -0.122. The first-order chi connectivity index (χ1) is 40.5. The number of carbonyl (C=O) groups is 6. The summed E-state index contributed by atoms with van der Waals surface area (Å²) in [5.74, 6) is -1.10. The molecule has 0 radical (unpaired) electrons. The second kappa shape index (κ2) is 29.7. The number of anilines is 9. The van der Waals surface area contributed by atoms with E-state index in [2.05, 4.69) is 60.1 Å². The molecule has 6 aromatic rings. The van der Waals surface area contributed by atoms with Gasteiger partial charge in [0.2, 0.25) is 17.7 Å². The molecular weight excluding hydrogens is 1050 g/mol. The van der Waals surface area contributed by atoms with Gasteiger partial charge in [-0.1, -0.05) is 87.8 Å². The Kier molecular flexibility index (Phi) is 21.2. The van der Waals surface area contributed by atoms with Gasteiger partial charge >= 0.3 is 0 Å². The number of rotatable bonds is 29. The van der Waals surface area contributed by atoms with Crippen LogP contribution < -0.4 is 36.0 Å². The van der Waals surface area contributed by atoms with Gasteiger partial charge in [0.1, 0.15) is 0 Å². The van der Waals surface area contributed by atoms with E-state index in [1.54, 1.807) is 114 Å². The van der Waals surface area contributed by atoms with Crippen LogP contribution >= 0.6 is 0 Å². The third-order valence-corrected chi connectivity index (χ3v) is 15.4. The van der Waals surface area contributed by atoms with Gasteiger partial charge in [-0.25, -0.2) is 15.0 Å². The summed E-state index contributed by atoms with van der Waals surface area (Å²) < 4.78 is 0. The van der Waals surface area contributed by atoms with Gasteiger partial charge in [0, 0.05) is 18.6 Å². The Morgan fingerprint density at radius 3 is 1.12 bits per heavy atom. The van der Waals surface area contributed by atoms with Crippen LogP contribution in [0.5, 0.6) is 0 Å². The number of fused-ring (bicyclic) bond motifs is 6. The number of unbranched alkanes of at least 4 members (excludes halogenated alkanes) is 11. The Labute approximate surface area is 486 Å². The number of hydrogen-bond acceptors (Lipinski definition) is 13. The van der Waals surface area contributed by atoms with Crippen LogP contribution in [0.4, 0.5) is 51.6 Å². The van der Waals surface area contributed by atoms with E-state index >= 15 is 0 Å². The minimum absolute atomic E-state index is 0.141. The largest absolute Gasteiger partial charge is 0.320 e. The van der Waals surface area contributed by atoms with Gasteiger partial charge in [-0.05, 0) is 165 Å². The zero-order chi connectivity index (χ0) is 57.9. The van der Waals surface area contributed by atoms with Crippen LogP contribution in [0.3, 0.4) is 0 Å². The fourth-order valence-electron chi connectivity index (χ4n) is 11.0. The molecule has 0 saturated carbocycles.